The van der Waals surface area contributed by atoms with E-state index in [0.717, 1.165) is 30.9 Å². The van der Waals surface area contributed by atoms with Crippen molar-refractivity contribution in [1.29, 1.82) is 0 Å². The fourth-order valence-corrected chi connectivity index (χ4v) is 7.61. The lowest BCUT2D eigenvalue weighted by atomic mass is 9.71. The van der Waals surface area contributed by atoms with Crippen LogP contribution in [-0.4, -0.2) is 18.6 Å². The number of benzene rings is 1. The highest BCUT2D eigenvalue weighted by Gasteiger charge is 2.57. The largest absolute Gasteiger partial charge is 0.466 e. The molecule has 0 radical (unpaired) electrons. The molecule has 4 fully saturated rings. The van der Waals surface area contributed by atoms with Gasteiger partial charge >= 0.3 is 5.97 Å². The van der Waals surface area contributed by atoms with Crippen LogP contribution in [-0.2, 0) is 16.0 Å². The number of esters is 1. The van der Waals surface area contributed by atoms with Gasteiger partial charge in [0.2, 0.25) is 0 Å². The Bertz CT molecular complexity index is 889. The Morgan fingerprint density at radius 1 is 1.00 bits per heavy atom. The van der Waals surface area contributed by atoms with E-state index < -0.39 is 0 Å². The summed E-state index contributed by atoms with van der Waals surface area (Å²) in [5.41, 5.74) is 5.33. The molecule has 0 aromatic heterocycles. The van der Waals surface area contributed by atoms with Crippen LogP contribution in [0.1, 0.15) is 126 Å². The number of nitrogens with one attached hydrogen (secondary N) is 1. The quantitative estimate of drug-likeness (QED) is 0.367. The van der Waals surface area contributed by atoms with E-state index in [1.54, 1.807) is 0 Å². The molecule has 1 aromatic carbocycles. The highest BCUT2D eigenvalue weighted by molar-refractivity contribution is 5.80. The molecule has 4 aliphatic carbocycles. The Hall–Kier alpha value is -1.77. The summed E-state index contributed by atoms with van der Waals surface area (Å²) in [4.78, 5) is 12.8. The van der Waals surface area contributed by atoms with E-state index in [4.69, 9.17) is 4.74 Å². The van der Waals surface area contributed by atoms with Gasteiger partial charge in [-0.25, -0.2) is 0 Å². The number of carbonyl (C=O) groups is 1. The summed E-state index contributed by atoms with van der Waals surface area (Å²) in [6.45, 7) is 6.96. The molecule has 192 valence electrons. The average Bonchev–Trinajstić information content (AvgIpc) is 3.55. The Morgan fingerprint density at radius 2 is 1.74 bits per heavy atom. The van der Waals surface area contributed by atoms with Crippen molar-refractivity contribution in [2.45, 2.75) is 122 Å². The van der Waals surface area contributed by atoms with E-state index in [2.05, 4.69) is 30.1 Å². The molecule has 35 heavy (non-hydrogen) atoms. The fourth-order valence-electron chi connectivity index (χ4n) is 7.61. The number of hydrogen-bond acceptors (Lipinski definition) is 3. The Morgan fingerprint density at radius 3 is 2.46 bits per heavy atom. The summed E-state index contributed by atoms with van der Waals surface area (Å²) < 4.78 is 5.51. The second-order valence-electron chi connectivity index (χ2n) is 12.2. The third-order valence-electron chi connectivity index (χ3n) is 9.82. The van der Waals surface area contributed by atoms with Gasteiger partial charge in [0.15, 0.2) is 0 Å². The zero-order chi connectivity index (χ0) is 24.3. The highest BCUT2D eigenvalue weighted by atomic mass is 16.5. The minimum atomic E-state index is -0.167. The zero-order valence-electron chi connectivity index (χ0n) is 22.1. The van der Waals surface area contributed by atoms with Gasteiger partial charge in [0.05, 0.1) is 12.0 Å². The molecule has 3 heteroatoms. The van der Waals surface area contributed by atoms with Crippen molar-refractivity contribution < 1.29 is 9.53 Å². The standard InChI is InChI=1S/C32H47NO2/c1-3-35-31(34)32(18-19-32)28-13-9-12-25(22-28)26-16-17-30(23(2)33-29-14-5-4-6-15-29)27(21-26)20-24-10-7-8-11-24/h16-17,21,24-25,28-29,33H,2-15,18-20,22H2,1H3. The molecule has 0 spiro atoms. The molecule has 4 aliphatic rings. The van der Waals surface area contributed by atoms with Crippen LogP contribution < -0.4 is 5.32 Å². The SMILES string of the molecule is C=C(NC1CCCCC1)c1ccc(C2CCCC(C3(C(=O)OCC)CC3)C2)cc1CC1CCCC1. The highest BCUT2D eigenvalue weighted by Crippen LogP contribution is 2.59. The summed E-state index contributed by atoms with van der Waals surface area (Å²) in [5.74, 6) is 1.95. The molecule has 2 unspecified atom stereocenters. The Labute approximate surface area is 213 Å². The van der Waals surface area contributed by atoms with Crippen LogP contribution in [0.5, 0.6) is 0 Å². The topological polar surface area (TPSA) is 38.3 Å². The maximum absolute atomic E-state index is 12.8. The van der Waals surface area contributed by atoms with Gasteiger partial charge in [-0.2, -0.15) is 0 Å². The summed E-state index contributed by atoms with van der Waals surface area (Å²) >= 11 is 0. The van der Waals surface area contributed by atoms with Crippen LogP contribution >= 0.6 is 0 Å². The third kappa shape index (κ3) is 5.65. The minimum Gasteiger partial charge on any atom is -0.466 e. The molecule has 1 aromatic rings. The van der Waals surface area contributed by atoms with Crippen molar-refractivity contribution in [2.75, 3.05) is 6.61 Å². The van der Waals surface area contributed by atoms with Gasteiger partial charge in [0.1, 0.15) is 0 Å². The van der Waals surface area contributed by atoms with Gasteiger partial charge < -0.3 is 10.1 Å². The Kier molecular flexibility index (Phi) is 7.89. The van der Waals surface area contributed by atoms with E-state index in [0.29, 0.717) is 24.5 Å². The summed E-state index contributed by atoms with van der Waals surface area (Å²) in [5, 5.41) is 3.81. The molecule has 2 atom stereocenters. The van der Waals surface area contributed by atoms with Crippen LogP contribution in [0.15, 0.2) is 24.8 Å². The van der Waals surface area contributed by atoms with E-state index in [9.17, 15) is 4.79 Å². The fraction of sp³-hybridized carbons (Fsp3) is 0.719. The lowest BCUT2D eigenvalue weighted by Gasteiger charge is -2.34. The second kappa shape index (κ2) is 11.1. The van der Waals surface area contributed by atoms with Gasteiger partial charge in [-0.05, 0) is 87.2 Å². The van der Waals surface area contributed by atoms with Crippen molar-refractivity contribution in [1.82, 2.24) is 5.32 Å². The first kappa shape index (κ1) is 24.9. The first-order valence-electron chi connectivity index (χ1n) is 14.8. The lowest BCUT2D eigenvalue weighted by molar-refractivity contribution is -0.152. The molecule has 0 bridgehead atoms. The van der Waals surface area contributed by atoms with Crippen LogP contribution in [0.2, 0.25) is 0 Å². The van der Waals surface area contributed by atoms with Crippen LogP contribution in [0.25, 0.3) is 5.70 Å². The van der Waals surface area contributed by atoms with E-state index in [1.165, 1.54) is 100 Å². The van der Waals surface area contributed by atoms with E-state index in [1.807, 2.05) is 6.92 Å². The number of ether oxygens (including phenoxy) is 1. The van der Waals surface area contributed by atoms with Gasteiger partial charge in [-0.1, -0.05) is 76.1 Å². The monoisotopic (exact) mass is 477 g/mol. The zero-order valence-corrected chi connectivity index (χ0v) is 22.1. The predicted octanol–water partition coefficient (Wildman–Crippen LogP) is 7.93. The van der Waals surface area contributed by atoms with Crippen molar-refractivity contribution in [3.8, 4) is 0 Å². The number of rotatable bonds is 9. The first-order valence-corrected chi connectivity index (χ1v) is 14.8. The summed E-state index contributed by atoms with van der Waals surface area (Å²) in [7, 11) is 0. The molecule has 0 heterocycles. The van der Waals surface area contributed by atoms with Crippen molar-refractivity contribution in [3.63, 3.8) is 0 Å². The van der Waals surface area contributed by atoms with Gasteiger partial charge in [-0.3, -0.25) is 4.79 Å². The molecule has 0 saturated heterocycles. The normalized spacial score (nSPS) is 26.9. The molecule has 3 nitrogen and oxygen atoms in total. The molecule has 4 saturated carbocycles. The molecule has 1 N–H and O–H groups in total. The smallest absolute Gasteiger partial charge is 0.312 e. The minimum absolute atomic E-state index is 0.0769. The van der Waals surface area contributed by atoms with Crippen molar-refractivity contribution in [3.05, 3.63) is 41.5 Å². The predicted molar refractivity (Wildman–Crippen MR) is 144 cm³/mol. The third-order valence-corrected chi connectivity index (χ3v) is 9.82. The van der Waals surface area contributed by atoms with Gasteiger partial charge in [-0.15, -0.1) is 0 Å². The van der Waals surface area contributed by atoms with Crippen LogP contribution in [0.3, 0.4) is 0 Å². The van der Waals surface area contributed by atoms with E-state index >= 15 is 0 Å². The molecular weight excluding hydrogens is 430 g/mol. The van der Waals surface area contributed by atoms with Crippen LogP contribution in [0.4, 0.5) is 0 Å². The maximum Gasteiger partial charge on any atom is 0.312 e. The number of carbonyl (C=O) groups excluding carboxylic acids is 1. The lowest BCUT2D eigenvalue weighted by Crippen LogP contribution is -2.31. The summed E-state index contributed by atoms with van der Waals surface area (Å²) in [6.07, 6.45) is 20.2. The second-order valence-corrected chi connectivity index (χ2v) is 12.2. The van der Waals surface area contributed by atoms with Crippen molar-refractivity contribution >= 4 is 11.7 Å². The number of hydrogen-bond donors (Lipinski definition) is 1. The molecule has 0 aliphatic heterocycles. The van der Waals surface area contributed by atoms with Gasteiger partial charge in [0.25, 0.3) is 0 Å². The Balaban J connectivity index is 1.34. The van der Waals surface area contributed by atoms with E-state index in [-0.39, 0.29) is 11.4 Å². The molecule has 5 rings (SSSR count). The average molecular weight is 478 g/mol. The summed E-state index contributed by atoms with van der Waals surface area (Å²) in [6, 6.07) is 7.89. The molecule has 0 amide bonds. The first-order chi connectivity index (χ1) is 17.1. The molecular formula is C32H47NO2. The van der Waals surface area contributed by atoms with Crippen molar-refractivity contribution in [2.24, 2.45) is 17.3 Å². The van der Waals surface area contributed by atoms with Gasteiger partial charge in [0, 0.05) is 17.3 Å². The van der Waals surface area contributed by atoms with Crippen LogP contribution in [0, 0.1) is 17.3 Å². The maximum atomic E-state index is 12.8.